The molecule has 1 aromatic carbocycles. The molecular weight excluding hydrogens is 335 g/mol. The topological polar surface area (TPSA) is 35.5 Å². The van der Waals surface area contributed by atoms with E-state index in [-0.39, 0.29) is 13.2 Å². The van der Waals surface area contributed by atoms with Crippen LogP contribution < -0.4 is 10.4 Å². The van der Waals surface area contributed by atoms with Crippen LogP contribution in [0.2, 0.25) is 0 Å². The van der Waals surface area contributed by atoms with Crippen LogP contribution in [0.25, 0.3) is 10.8 Å². The Morgan fingerprint density at radius 2 is 1.65 bits per heavy atom. The Bertz CT molecular complexity index is 729. The highest BCUT2D eigenvalue weighted by Gasteiger charge is 2.03. The fourth-order valence-electron chi connectivity index (χ4n) is 1.78. The van der Waals surface area contributed by atoms with Gasteiger partial charge >= 0.3 is 5.97 Å². The number of carbonyl (C=O) groups is 1. The van der Waals surface area contributed by atoms with E-state index in [0.717, 1.165) is 10.4 Å². The van der Waals surface area contributed by atoms with Crippen LogP contribution in [0.4, 0.5) is 0 Å². The number of benzene rings is 1. The molecule has 0 radical (unpaired) electrons. The zero-order valence-corrected chi connectivity index (χ0v) is 15.0. The van der Waals surface area contributed by atoms with Crippen LogP contribution in [0.3, 0.4) is 0 Å². The molecular formula is C18H20Cl2O3. The van der Waals surface area contributed by atoms with Crippen molar-refractivity contribution in [1.29, 1.82) is 0 Å². The van der Waals surface area contributed by atoms with Gasteiger partial charge in [-0.05, 0) is 26.8 Å². The van der Waals surface area contributed by atoms with Gasteiger partial charge in [0, 0.05) is 26.1 Å². The second-order valence-corrected chi connectivity index (χ2v) is 5.95. The monoisotopic (exact) mass is 354 g/mol. The van der Waals surface area contributed by atoms with Crippen molar-refractivity contribution in [3.8, 4) is 0 Å². The Morgan fingerprint density at radius 3 is 2.22 bits per heavy atom. The van der Waals surface area contributed by atoms with E-state index in [1.165, 1.54) is 0 Å². The van der Waals surface area contributed by atoms with E-state index in [9.17, 15) is 4.79 Å². The molecule has 3 nitrogen and oxygen atoms in total. The standard InChI is InChI=1S/C18H20Cl2O3/c1-12(2)18(21)23-10-9-22-14(4)15-7-5-6-8-16(15)17(20)11-13(3)19/h5-8,11H,1,9-10H2,2-4H3/b13-11+,15-14+,17-16+. The van der Waals surface area contributed by atoms with Gasteiger partial charge in [-0.25, -0.2) is 4.79 Å². The normalized spacial score (nSPS) is 14.0. The number of ether oxygens (including phenoxy) is 2. The smallest absolute Gasteiger partial charge is 0.333 e. The molecule has 1 rings (SSSR count). The number of esters is 1. The van der Waals surface area contributed by atoms with E-state index >= 15 is 0 Å². The largest absolute Gasteiger partial charge is 0.494 e. The van der Waals surface area contributed by atoms with Gasteiger partial charge in [0.15, 0.2) is 0 Å². The van der Waals surface area contributed by atoms with Gasteiger partial charge in [-0.2, -0.15) is 0 Å². The summed E-state index contributed by atoms with van der Waals surface area (Å²) in [5, 5.41) is 2.81. The van der Waals surface area contributed by atoms with Gasteiger partial charge in [0.1, 0.15) is 19.0 Å². The number of allylic oxidation sites excluding steroid dienone is 2. The van der Waals surface area contributed by atoms with Gasteiger partial charge in [-0.1, -0.05) is 54.0 Å². The first-order chi connectivity index (χ1) is 10.8. The summed E-state index contributed by atoms with van der Waals surface area (Å²) < 4.78 is 10.6. The number of halogens is 2. The SMILES string of the molecule is C=C(C)C(=O)OCCO\C(C)=c1/cccc/c1=C(Cl)/C=C(\C)Cl. The van der Waals surface area contributed by atoms with Crippen molar-refractivity contribution in [2.45, 2.75) is 20.8 Å². The first kappa shape index (κ1) is 19.3. The second kappa shape index (κ2) is 9.43. The molecule has 0 amide bonds. The molecule has 0 aliphatic heterocycles. The molecule has 0 saturated heterocycles. The summed E-state index contributed by atoms with van der Waals surface area (Å²) >= 11 is 12.2. The highest BCUT2D eigenvalue weighted by atomic mass is 35.5. The molecule has 0 N–H and O–H groups in total. The van der Waals surface area contributed by atoms with Gasteiger partial charge in [-0.15, -0.1) is 0 Å². The van der Waals surface area contributed by atoms with Crippen LogP contribution in [0.15, 0.2) is 47.5 Å². The Balaban J connectivity index is 2.96. The second-order valence-electron chi connectivity index (χ2n) is 4.95. The van der Waals surface area contributed by atoms with Gasteiger partial charge < -0.3 is 9.47 Å². The third kappa shape index (κ3) is 6.51. The van der Waals surface area contributed by atoms with Crippen molar-refractivity contribution in [2.24, 2.45) is 0 Å². The van der Waals surface area contributed by atoms with Crippen LogP contribution in [0.5, 0.6) is 0 Å². The predicted molar refractivity (Wildman–Crippen MR) is 95.4 cm³/mol. The highest BCUT2D eigenvalue weighted by molar-refractivity contribution is 6.48. The molecule has 124 valence electrons. The predicted octanol–water partition coefficient (Wildman–Crippen LogP) is 3.44. The first-order valence-corrected chi connectivity index (χ1v) is 7.83. The number of hydrogen-bond acceptors (Lipinski definition) is 3. The lowest BCUT2D eigenvalue weighted by molar-refractivity contribution is -0.139. The van der Waals surface area contributed by atoms with E-state index in [1.807, 2.05) is 31.2 Å². The van der Waals surface area contributed by atoms with Gasteiger partial charge in [0.05, 0.1) is 0 Å². The third-order valence-electron chi connectivity index (χ3n) is 2.87. The van der Waals surface area contributed by atoms with E-state index in [2.05, 4.69) is 6.58 Å². The maximum Gasteiger partial charge on any atom is 0.333 e. The van der Waals surface area contributed by atoms with E-state index in [0.29, 0.717) is 21.4 Å². The summed E-state index contributed by atoms with van der Waals surface area (Å²) in [4.78, 5) is 11.3. The third-order valence-corrected chi connectivity index (χ3v) is 3.29. The molecule has 0 spiro atoms. The molecule has 5 heteroatoms. The van der Waals surface area contributed by atoms with Gasteiger partial charge in [0.25, 0.3) is 0 Å². The van der Waals surface area contributed by atoms with E-state index in [4.69, 9.17) is 32.7 Å². The van der Waals surface area contributed by atoms with Crippen molar-refractivity contribution in [2.75, 3.05) is 13.2 Å². The Hall–Kier alpha value is -1.71. The Kier molecular flexibility index (Phi) is 7.93. The molecule has 1 aromatic rings. The first-order valence-electron chi connectivity index (χ1n) is 7.08. The molecule has 0 aliphatic carbocycles. The van der Waals surface area contributed by atoms with Crippen LogP contribution in [-0.2, 0) is 14.3 Å². The molecule has 0 saturated carbocycles. The number of carbonyl (C=O) groups excluding carboxylic acids is 1. The van der Waals surface area contributed by atoms with Crippen LogP contribution in [0.1, 0.15) is 20.8 Å². The summed E-state index contributed by atoms with van der Waals surface area (Å²) in [7, 11) is 0. The van der Waals surface area contributed by atoms with Crippen molar-refractivity contribution >= 4 is 40.0 Å². The lowest BCUT2D eigenvalue weighted by atomic mass is 10.2. The molecule has 0 aliphatic rings. The summed E-state index contributed by atoms with van der Waals surface area (Å²) in [6.07, 6.45) is 1.68. The number of rotatable bonds is 6. The minimum Gasteiger partial charge on any atom is -0.494 e. The zero-order chi connectivity index (χ0) is 17.4. The van der Waals surface area contributed by atoms with E-state index < -0.39 is 5.97 Å². The average molecular weight is 355 g/mol. The maximum absolute atomic E-state index is 11.3. The highest BCUT2D eigenvalue weighted by Crippen LogP contribution is 2.08. The van der Waals surface area contributed by atoms with Crippen molar-refractivity contribution in [3.63, 3.8) is 0 Å². The lowest BCUT2D eigenvalue weighted by Gasteiger charge is -2.08. The molecule has 0 atom stereocenters. The zero-order valence-electron chi connectivity index (χ0n) is 13.5. The lowest BCUT2D eigenvalue weighted by Crippen LogP contribution is -2.28. The fraction of sp³-hybridized carbons (Fsp3) is 0.278. The van der Waals surface area contributed by atoms with E-state index in [1.54, 1.807) is 19.9 Å². The average Bonchev–Trinajstić information content (AvgIpc) is 2.50. The molecule has 0 aromatic heterocycles. The Morgan fingerprint density at radius 1 is 1.09 bits per heavy atom. The molecule has 0 unspecified atom stereocenters. The van der Waals surface area contributed by atoms with Gasteiger partial charge in [0.2, 0.25) is 0 Å². The summed E-state index contributed by atoms with van der Waals surface area (Å²) in [6.45, 7) is 9.12. The van der Waals surface area contributed by atoms with Crippen LogP contribution in [-0.4, -0.2) is 19.2 Å². The summed E-state index contributed by atoms with van der Waals surface area (Å²) in [5.74, 6) is 0.261. The fourth-order valence-corrected chi connectivity index (χ4v) is 2.27. The van der Waals surface area contributed by atoms with Crippen LogP contribution >= 0.6 is 23.2 Å². The van der Waals surface area contributed by atoms with Crippen LogP contribution in [0, 0.1) is 0 Å². The summed E-state index contributed by atoms with van der Waals surface area (Å²) in [5.41, 5.74) is 0.362. The molecule has 0 bridgehead atoms. The summed E-state index contributed by atoms with van der Waals surface area (Å²) in [6, 6.07) is 7.58. The molecule has 0 fully saturated rings. The Labute approximate surface area is 146 Å². The number of hydrogen-bond donors (Lipinski definition) is 0. The minimum absolute atomic E-state index is 0.156. The van der Waals surface area contributed by atoms with Crippen molar-refractivity contribution < 1.29 is 14.3 Å². The quantitative estimate of drug-likeness (QED) is 0.446. The maximum atomic E-state index is 11.3. The molecule has 0 heterocycles. The van der Waals surface area contributed by atoms with Crippen molar-refractivity contribution in [1.82, 2.24) is 0 Å². The van der Waals surface area contributed by atoms with Crippen molar-refractivity contribution in [3.05, 3.63) is 58.0 Å². The minimum atomic E-state index is -0.425. The van der Waals surface area contributed by atoms with Gasteiger partial charge in [-0.3, -0.25) is 0 Å². The molecule has 23 heavy (non-hydrogen) atoms.